The number of benzene rings is 2. The fraction of sp³-hybridized carbons (Fsp3) is 0.263. The number of carbonyl (C=O) groups excluding carboxylic acids is 1. The number of nitriles is 1. The number of ether oxygens (including phenoxy) is 1. The molecule has 2 aromatic carbocycles. The minimum Gasteiger partial charge on any atom is -0.496 e. The molecule has 5 nitrogen and oxygen atoms in total. The summed E-state index contributed by atoms with van der Waals surface area (Å²) in [6.07, 6.45) is 0.701. The van der Waals surface area contributed by atoms with E-state index in [1.54, 1.807) is 31.4 Å². The van der Waals surface area contributed by atoms with Gasteiger partial charge in [-0.2, -0.15) is 5.26 Å². The third-order valence-electron chi connectivity index (χ3n) is 3.59. The van der Waals surface area contributed by atoms with Gasteiger partial charge < -0.3 is 15.4 Å². The van der Waals surface area contributed by atoms with Gasteiger partial charge in [-0.05, 0) is 49.2 Å². The first-order valence-corrected chi connectivity index (χ1v) is 7.77. The van der Waals surface area contributed by atoms with Crippen LogP contribution in [0.25, 0.3) is 0 Å². The van der Waals surface area contributed by atoms with Gasteiger partial charge in [-0.25, -0.2) is 0 Å². The van der Waals surface area contributed by atoms with Gasteiger partial charge in [-0.1, -0.05) is 18.2 Å². The van der Waals surface area contributed by atoms with E-state index in [2.05, 4.69) is 16.7 Å². The van der Waals surface area contributed by atoms with Crippen LogP contribution in [-0.2, 0) is 11.2 Å². The van der Waals surface area contributed by atoms with Crippen LogP contribution in [0.15, 0.2) is 48.5 Å². The first-order chi connectivity index (χ1) is 11.6. The molecule has 1 amide bonds. The molecule has 124 valence electrons. The minimum absolute atomic E-state index is 0.00318. The van der Waals surface area contributed by atoms with Crippen molar-refractivity contribution >= 4 is 11.6 Å². The average Bonchev–Trinajstić information content (AvgIpc) is 2.60. The van der Waals surface area contributed by atoms with E-state index in [9.17, 15) is 4.79 Å². The van der Waals surface area contributed by atoms with Crippen molar-refractivity contribution in [2.75, 3.05) is 19.0 Å². The van der Waals surface area contributed by atoms with Crippen LogP contribution in [0.1, 0.15) is 18.1 Å². The fourth-order valence-electron chi connectivity index (χ4n) is 2.42. The lowest BCUT2D eigenvalue weighted by molar-refractivity contribution is -0.119. The molecule has 0 bridgehead atoms. The monoisotopic (exact) mass is 323 g/mol. The molecule has 0 heterocycles. The topological polar surface area (TPSA) is 74.2 Å². The van der Waals surface area contributed by atoms with Gasteiger partial charge in [0, 0.05) is 11.7 Å². The molecular weight excluding hydrogens is 302 g/mol. The molecule has 0 saturated carbocycles. The Morgan fingerprint density at radius 1 is 1.21 bits per heavy atom. The number of para-hydroxylation sites is 1. The van der Waals surface area contributed by atoms with E-state index >= 15 is 0 Å². The normalized spacial score (nSPS) is 11.2. The molecule has 0 spiro atoms. The van der Waals surface area contributed by atoms with E-state index in [4.69, 9.17) is 10.00 Å². The summed E-state index contributed by atoms with van der Waals surface area (Å²) in [7, 11) is 1.64. The van der Waals surface area contributed by atoms with Gasteiger partial charge in [0.25, 0.3) is 0 Å². The molecule has 0 aliphatic heterocycles. The Kier molecular flexibility index (Phi) is 6.21. The van der Waals surface area contributed by atoms with Crippen molar-refractivity contribution in [2.24, 2.45) is 0 Å². The molecule has 0 fully saturated rings. The molecule has 0 aromatic heterocycles. The van der Waals surface area contributed by atoms with Gasteiger partial charge in [0.05, 0.1) is 25.3 Å². The fourth-order valence-corrected chi connectivity index (χ4v) is 2.42. The van der Waals surface area contributed by atoms with Gasteiger partial charge in [-0.15, -0.1) is 0 Å². The maximum Gasteiger partial charge on any atom is 0.239 e. The highest BCUT2D eigenvalue weighted by Crippen LogP contribution is 2.18. The maximum absolute atomic E-state index is 12.0. The standard InChI is InChI=1S/C19H21N3O2/c1-14(11-16-5-3-4-6-18(16)24-2)22-19(23)13-21-17-9-7-15(12-20)8-10-17/h3-10,14,21H,11,13H2,1-2H3,(H,22,23)/t14-/m1/s1. The molecule has 2 N–H and O–H groups in total. The van der Waals surface area contributed by atoms with Crippen LogP contribution in [0.2, 0.25) is 0 Å². The summed E-state index contributed by atoms with van der Waals surface area (Å²) in [5.41, 5.74) is 2.46. The van der Waals surface area contributed by atoms with Crippen LogP contribution < -0.4 is 15.4 Å². The Bertz CT molecular complexity index is 720. The van der Waals surface area contributed by atoms with E-state index in [0.29, 0.717) is 12.0 Å². The maximum atomic E-state index is 12.0. The Hall–Kier alpha value is -3.00. The van der Waals surface area contributed by atoms with E-state index < -0.39 is 0 Å². The zero-order valence-electron chi connectivity index (χ0n) is 13.9. The molecule has 5 heteroatoms. The van der Waals surface area contributed by atoms with E-state index in [0.717, 1.165) is 17.0 Å². The van der Waals surface area contributed by atoms with Crippen LogP contribution in [0.3, 0.4) is 0 Å². The highest BCUT2D eigenvalue weighted by Gasteiger charge is 2.10. The summed E-state index contributed by atoms with van der Waals surface area (Å²) in [5, 5.41) is 14.8. The molecule has 0 aliphatic rings. The smallest absolute Gasteiger partial charge is 0.239 e. The number of rotatable bonds is 7. The lowest BCUT2D eigenvalue weighted by atomic mass is 10.1. The Morgan fingerprint density at radius 2 is 1.92 bits per heavy atom. The van der Waals surface area contributed by atoms with Gasteiger partial charge in [0.2, 0.25) is 5.91 Å². The van der Waals surface area contributed by atoms with Crippen molar-refractivity contribution in [2.45, 2.75) is 19.4 Å². The van der Waals surface area contributed by atoms with E-state index in [1.165, 1.54) is 0 Å². The number of carbonyl (C=O) groups is 1. The second-order valence-corrected chi connectivity index (χ2v) is 5.53. The van der Waals surface area contributed by atoms with Gasteiger partial charge in [0.15, 0.2) is 0 Å². The van der Waals surface area contributed by atoms with Gasteiger partial charge in [0.1, 0.15) is 5.75 Å². The minimum atomic E-state index is -0.0817. The van der Waals surface area contributed by atoms with Crippen molar-refractivity contribution in [1.29, 1.82) is 5.26 Å². The third kappa shape index (κ3) is 5.03. The van der Waals surface area contributed by atoms with Crippen molar-refractivity contribution in [3.63, 3.8) is 0 Å². The zero-order valence-corrected chi connectivity index (χ0v) is 13.9. The molecular formula is C19H21N3O2. The third-order valence-corrected chi connectivity index (χ3v) is 3.59. The molecule has 0 aliphatic carbocycles. The second-order valence-electron chi connectivity index (χ2n) is 5.53. The number of anilines is 1. The summed E-state index contributed by atoms with van der Waals surface area (Å²) in [4.78, 5) is 12.0. The zero-order chi connectivity index (χ0) is 17.4. The molecule has 0 saturated heterocycles. The quantitative estimate of drug-likeness (QED) is 0.821. The second kappa shape index (κ2) is 8.59. The van der Waals surface area contributed by atoms with Gasteiger partial charge in [-0.3, -0.25) is 4.79 Å². The lowest BCUT2D eigenvalue weighted by Crippen LogP contribution is -2.37. The summed E-state index contributed by atoms with van der Waals surface area (Å²) in [6, 6.07) is 16.8. The van der Waals surface area contributed by atoms with Crippen LogP contribution >= 0.6 is 0 Å². The van der Waals surface area contributed by atoms with Crippen LogP contribution in [0.4, 0.5) is 5.69 Å². The Labute approximate surface area is 142 Å². The molecule has 2 aromatic rings. The van der Waals surface area contributed by atoms with E-state index in [1.807, 2.05) is 31.2 Å². The SMILES string of the molecule is COc1ccccc1C[C@@H](C)NC(=O)CNc1ccc(C#N)cc1. The number of amides is 1. The molecule has 2 rings (SSSR count). The summed E-state index contributed by atoms with van der Waals surface area (Å²) in [5.74, 6) is 0.746. The molecule has 1 atom stereocenters. The first-order valence-electron chi connectivity index (χ1n) is 7.77. The summed E-state index contributed by atoms with van der Waals surface area (Å²) >= 11 is 0. The summed E-state index contributed by atoms with van der Waals surface area (Å²) < 4.78 is 5.33. The number of nitrogens with zero attached hydrogens (tertiary/aromatic N) is 1. The summed E-state index contributed by atoms with van der Waals surface area (Å²) in [6.45, 7) is 2.15. The molecule has 0 unspecified atom stereocenters. The Balaban J connectivity index is 1.82. The van der Waals surface area contributed by atoms with Crippen LogP contribution in [0, 0.1) is 11.3 Å². The lowest BCUT2D eigenvalue weighted by Gasteiger charge is -2.16. The number of nitrogens with one attached hydrogen (secondary N) is 2. The average molecular weight is 323 g/mol. The van der Waals surface area contributed by atoms with Crippen molar-refractivity contribution in [3.8, 4) is 11.8 Å². The predicted molar refractivity (Wildman–Crippen MR) is 93.9 cm³/mol. The highest BCUT2D eigenvalue weighted by molar-refractivity contribution is 5.81. The van der Waals surface area contributed by atoms with Crippen molar-refractivity contribution in [1.82, 2.24) is 5.32 Å². The van der Waals surface area contributed by atoms with Crippen molar-refractivity contribution in [3.05, 3.63) is 59.7 Å². The van der Waals surface area contributed by atoms with Crippen molar-refractivity contribution < 1.29 is 9.53 Å². The number of hydrogen-bond acceptors (Lipinski definition) is 4. The molecule has 24 heavy (non-hydrogen) atoms. The number of hydrogen-bond donors (Lipinski definition) is 2. The Morgan fingerprint density at radius 3 is 2.58 bits per heavy atom. The van der Waals surface area contributed by atoms with Gasteiger partial charge >= 0.3 is 0 Å². The highest BCUT2D eigenvalue weighted by atomic mass is 16.5. The first kappa shape index (κ1) is 17.4. The number of methoxy groups -OCH3 is 1. The predicted octanol–water partition coefficient (Wildman–Crippen LogP) is 2.73. The van der Waals surface area contributed by atoms with Crippen LogP contribution in [-0.4, -0.2) is 25.6 Å². The molecule has 0 radical (unpaired) electrons. The largest absolute Gasteiger partial charge is 0.496 e. The van der Waals surface area contributed by atoms with Crippen LogP contribution in [0.5, 0.6) is 5.75 Å². The van der Waals surface area contributed by atoms with E-state index in [-0.39, 0.29) is 18.5 Å².